The molecule has 0 aliphatic carbocycles. The Labute approximate surface area is 104 Å². The van der Waals surface area contributed by atoms with Crippen LogP contribution in [-0.4, -0.2) is 50.7 Å². The molecule has 0 unspecified atom stereocenters. The summed E-state index contributed by atoms with van der Waals surface area (Å²) in [4.78, 5) is 13.7. The Morgan fingerprint density at radius 2 is 2.12 bits per heavy atom. The van der Waals surface area contributed by atoms with E-state index >= 15 is 0 Å². The van der Waals surface area contributed by atoms with Crippen molar-refractivity contribution in [2.75, 3.05) is 33.8 Å². The van der Waals surface area contributed by atoms with Crippen molar-refractivity contribution in [1.29, 1.82) is 0 Å². The lowest BCUT2D eigenvalue weighted by atomic mass is 10.1. The van der Waals surface area contributed by atoms with E-state index in [1.165, 1.54) is 20.0 Å². The fourth-order valence-corrected chi connectivity index (χ4v) is 2.15. The van der Waals surface area contributed by atoms with E-state index in [0.29, 0.717) is 6.04 Å². The van der Waals surface area contributed by atoms with Crippen LogP contribution in [0.4, 0.5) is 0 Å². The summed E-state index contributed by atoms with van der Waals surface area (Å²) < 4.78 is 4.75. The van der Waals surface area contributed by atoms with Crippen LogP contribution in [0.1, 0.15) is 26.2 Å². The third kappa shape index (κ3) is 4.48. The molecule has 4 heteroatoms. The Kier molecular flexibility index (Phi) is 6.22. The van der Waals surface area contributed by atoms with E-state index in [9.17, 15) is 4.79 Å². The Bertz CT molecular complexity index is 271. The molecule has 1 N–H and O–H groups in total. The molecule has 1 fully saturated rings. The predicted octanol–water partition coefficient (Wildman–Crippen LogP) is 1.18. The van der Waals surface area contributed by atoms with E-state index in [2.05, 4.69) is 17.3 Å². The smallest absolute Gasteiger partial charge is 0.333 e. The molecule has 1 saturated heterocycles. The number of nitrogens with one attached hydrogen (secondary N) is 1. The van der Waals surface area contributed by atoms with Crippen molar-refractivity contribution in [2.24, 2.45) is 0 Å². The molecular formula is C13H24N2O2. The fourth-order valence-electron chi connectivity index (χ4n) is 2.15. The van der Waals surface area contributed by atoms with Crippen molar-refractivity contribution in [1.82, 2.24) is 10.2 Å². The Hall–Kier alpha value is -0.870. The fraction of sp³-hybridized carbons (Fsp3) is 0.769. The highest BCUT2D eigenvalue weighted by molar-refractivity contribution is 5.88. The molecule has 1 aliphatic rings. The van der Waals surface area contributed by atoms with Crippen LogP contribution in [-0.2, 0) is 9.53 Å². The van der Waals surface area contributed by atoms with Gasteiger partial charge in [0, 0.05) is 18.2 Å². The quantitative estimate of drug-likeness (QED) is 0.579. The highest BCUT2D eigenvalue weighted by Gasteiger charge is 2.17. The van der Waals surface area contributed by atoms with E-state index in [1.807, 2.05) is 13.0 Å². The van der Waals surface area contributed by atoms with E-state index in [-0.39, 0.29) is 5.97 Å². The Morgan fingerprint density at radius 3 is 2.65 bits per heavy atom. The van der Waals surface area contributed by atoms with Gasteiger partial charge in [0.1, 0.15) is 0 Å². The molecule has 0 aromatic rings. The average Bonchev–Trinajstić information content (AvgIpc) is 2.39. The van der Waals surface area contributed by atoms with Crippen molar-refractivity contribution >= 4 is 5.97 Å². The van der Waals surface area contributed by atoms with Crippen LogP contribution in [0.25, 0.3) is 0 Å². The van der Waals surface area contributed by atoms with Gasteiger partial charge in [-0.2, -0.15) is 0 Å². The first-order valence-corrected chi connectivity index (χ1v) is 6.37. The zero-order chi connectivity index (χ0) is 12.7. The number of likely N-dealkylation sites (N-methyl/N-ethyl adjacent to an activating group) is 1. The van der Waals surface area contributed by atoms with Gasteiger partial charge in [-0.3, -0.25) is 4.90 Å². The van der Waals surface area contributed by atoms with Gasteiger partial charge in [-0.1, -0.05) is 13.0 Å². The highest BCUT2D eigenvalue weighted by Crippen LogP contribution is 2.11. The van der Waals surface area contributed by atoms with Gasteiger partial charge in [0.15, 0.2) is 0 Å². The summed E-state index contributed by atoms with van der Waals surface area (Å²) in [6.45, 7) is 4.99. The number of hydrogen-bond donors (Lipinski definition) is 1. The molecule has 98 valence electrons. The van der Waals surface area contributed by atoms with Crippen LogP contribution in [0.3, 0.4) is 0 Å². The minimum Gasteiger partial charge on any atom is -0.466 e. The zero-order valence-corrected chi connectivity index (χ0v) is 11.2. The van der Waals surface area contributed by atoms with Crippen molar-refractivity contribution in [3.63, 3.8) is 0 Å². The van der Waals surface area contributed by atoms with Crippen molar-refractivity contribution < 1.29 is 9.53 Å². The number of hydrogen-bond acceptors (Lipinski definition) is 4. The number of methoxy groups -OCH3 is 1. The summed E-state index contributed by atoms with van der Waals surface area (Å²) in [5.41, 5.74) is 0.772. The van der Waals surface area contributed by atoms with Crippen LogP contribution in [0.15, 0.2) is 11.6 Å². The van der Waals surface area contributed by atoms with Crippen LogP contribution in [0.2, 0.25) is 0 Å². The second-order valence-electron chi connectivity index (χ2n) is 4.50. The summed E-state index contributed by atoms with van der Waals surface area (Å²) >= 11 is 0. The lowest BCUT2D eigenvalue weighted by Crippen LogP contribution is -2.41. The second-order valence-corrected chi connectivity index (χ2v) is 4.50. The van der Waals surface area contributed by atoms with Crippen LogP contribution in [0, 0.1) is 0 Å². The standard InChI is InChI=1S/C13H24N2O2/c1-4-11(13(16)17-3)7-10-15(2)12-5-8-14-9-6-12/h7,12,14H,4-6,8-10H2,1-3H3. The molecule has 0 spiro atoms. The van der Waals surface area contributed by atoms with Crippen molar-refractivity contribution in [2.45, 2.75) is 32.2 Å². The molecular weight excluding hydrogens is 216 g/mol. The molecule has 1 rings (SSSR count). The number of ether oxygens (including phenoxy) is 1. The molecule has 0 amide bonds. The number of piperidine rings is 1. The van der Waals surface area contributed by atoms with E-state index in [0.717, 1.165) is 31.6 Å². The van der Waals surface area contributed by atoms with Gasteiger partial charge >= 0.3 is 5.97 Å². The maximum absolute atomic E-state index is 11.4. The zero-order valence-electron chi connectivity index (χ0n) is 11.2. The van der Waals surface area contributed by atoms with Gasteiger partial charge < -0.3 is 10.1 Å². The molecule has 0 aromatic heterocycles. The SMILES string of the molecule is CCC(=CCN(C)C1CCNCC1)C(=O)OC. The summed E-state index contributed by atoms with van der Waals surface area (Å²) in [7, 11) is 3.55. The number of nitrogens with zero attached hydrogens (tertiary/aromatic N) is 1. The normalized spacial score (nSPS) is 18.5. The minimum atomic E-state index is -0.203. The molecule has 4 nitrogen and oxygen atoms in total. The lowest BCUT2D eigenvalue weighted by molar-refractivity contribution is -0.136. The van der Waals surface area contributed by atoms with E-state index in [4.69, 9.17) is 4.74 Å². The lowest BCUT2D eigenvalue weighted by Gasteiger charge is -2.30. The number of carbonyl (C=O) groups is 1. The predicted molar refractivity (Wildman–Crippen MR) is 68.9 cm³/mol. The van der Waals surface area contributed by atoms with Gasteiger partial charge in [-0.25, -0.2) is 4.79 Å². The monoisotopic (exact) mass is 240 g/mol. The summed E-state index contributed by atoms with van der Waals surface area (Å²) in [5.74, 6) is -0.203. The molecule has 1 aliphatic heterocycles. The molecule has 0 atom stereocenters. The minimum absolute atomic E-state index is 0.203. The first-order valence-electron chi connectivity index (χ1n) is 6.37. The molecule has 1 heterocycles. The Morgan fingerprint density at radius 1 is 1.47 bits per heavy atom. The van der Waals surface area contributed by atoms with Crippen LogP contribution in [0.5, 0.6) is 0 Å². The van der Waals surface area contributed by atoms with Gasteiger partial charge in [0.2, 0.25) is 0 Å². The maximum atomic E-state index is 11.4. The summed E-state index contributed by atoms with van der Waals surface area (Å²) in [6, 6.07) is 0.628. The number of esters is 1. The summed E-state index contributed by atoms with van der Waals surface area (Å²) in [6.07, 6.45) is 5.09. The van der Waals surface area contributed by atoms with E-state index in [1.54, 1.807) is 0 Å². The number of rotatable bonds is 5. The van der Waals surface area contributed by atoms with E-state index < -0.39 is 0 Å². The molecule has 0 radical (unpaired) electrons. The first kappa shape index (κ1) is 14.2. The maximum Gasteiger partial charge on any atom is 0.333 e. The highest BCUT2D eigenvalue weighted by atomic mass is 16.5. The van der Waals surface area contributed by atoms with Crippen LogP contribution < -0.4 is 5.32 Å². The van der Waals surface area contributed by atoms with Gasteiger partial charge in [0.05, 0.1) is 7.11 Å². The molecule has 0 aromatic carbocycles. The van der Waals surface area contributed by atoms with Crippen LogP contribution >= 0.6 is 0 Å². The largest absolute Gasteiger partial charge is 0.466 e. The third-order valence-electron chi connectivity index (χ3n) is 3.39. The first-order chi connectivity index (χ1) is 8.19. The topological polar surface area (TPSA) is 41.6 Å². The average molecular weight is 240 g/mol. The molecule has 0 saturated carbocycles. The molecule has 0 bridgehead atoms. The Balaban J connectivity index is 2.46. The summed E-state index contributed by atoms with van der Waals surface area (Å²) in [5, 5.41) is 3.36. The van der Waals surface area contributed by atoms with Crippen molar-refractivity contribution in [3.05, 3.63) is 11.6 Å². The third-order valence-corrected chi connectivity index (χ3v) is 3.39. The van der Waals surface area contributed by atoms with Gasteiger partial charge in [-0.05, 0) is 39.4 Å². The second kappa shape index (κ2) is 7.45. The number of carbonyl (C=O) groups excluding carboxylic acids is 1. The van der Waals surface area contributed by atoms with Gasteiger partial charge in [-0.15, -0.1) is 0 Å². The van der Waals surface area contributed by atoms with Crippen molar-refractivity contribution in [3.8, 4) is 0 Å². The van der Waals surface area contributed by atoms with Gasteiger partial charge in [0.25, 0.3) is 0 Å². The molecule has 17 heavy (non-hydrogen) atoms.